The molecule has 0 spiro atoms. The summed E-state index contributed by atoms with van der Waals surface area (Å²) in [5.41, 5.74) is 9.24. The number of anilines is 1. The van der Waals surface area contributed by atoms with Crippen molar-refractivity contribution in [2.45, 2.75) is 26.4 Å². The van der Waals surface area contributed by atoms with Crippen molar-refractivity contribution in [2.75, 3.05) is 11.9 Å². The van der Waals surface area contributed by atoms with E-state index in [0.29, 0.717) is 6.54 Å². The molecule has 0 bridgehead atoms. The first-order valence-electron chi connectivity index (χ1n) is 6.16. The highest BCUT2D eigenvalue weighted by molar-refractivity contribution is 7.09. The average Bonchev–Trinajstić information content (AvgIpc) is 2.86. The van der Waals surface area contributed by atoms with E-state index in [0.717, 1.165) is 23.7 Å². The van der Waals surface area contributed by atoms with Crippen molar-refractivity contribution in [1.82, 2.24) is 4.98 Å². The number of hydrogen-bond donors (Lipinski definition) is 1. The zero-order valence-corrected chi connectivity index (χ0v) is 11.7. The molecule has 0 unspecified atom stereocenters. The molecule has 0 amide bonds. The lowest BCUT2D eigenvalue weighted by Gasteiger charge is -2.18. The van der Waals surface area contributed by atoms with Gasteiger partial charge in [0.05, 0.1) is 12.2 Å². The zero-order valence-electron chi connectivity index (χ0n) is 10.9. The topological polar surface area (TPSA) is 42.1 Å². The molecule has 0 aliphatic rings. The lowest BCUT2D eigenvalue weighted by atomic mass is 10.1. The van der Waals surface area contributed by atoms with E-state index in [2.05, 4.69) is 53.5 Å². The number of thiazole rings is 1. The van der Waals surface area contributed by atoms with Crippen molar-refractivity contribution in [3.05, 3.63) is 45.9 Å². The first-order chi connectivity index (χ1) is 8.72. The predicted octanol–water partition coefficient (Wildman–Crippen LogP) is 2.80. The molecule has 0 radical (unpaired) electrons. The molecule has 0 saturated carbocycles. The molecule has 96 valence electrons. The summed E-state index contributed by atoms with van der Waals surface area (Å²) < 4.78 is 0. The van der Waals surface area contributed by atoms with E-state index < -0.39 is 0 Å². The molecule has 0 saturated heterocycles. The maximum atomic E-state index is 5.57. The smallest absolute Gasteiger partial charge is 0.107 e. The van der Waals surface area contributed by atoms with Crippen LogP contribution in [0.25, 0.3) is 0 Å². The molecule has 2 N–H and O–H groups in total. The first kappa shape index (κ1) is 13.1. The molecule has 2 aromatic rings. The van der Waals surface area contributed by atoms with Crippen LogP contribution in [-0.2, 0) is 19.5 Å². The minimum absolute atomic E-state index is 0.527. The van der Waals surface area contributed by atoms with Gasteiger partial charge in [0, 0.05) is 24.7 Å². The number of aryl methyl sites for hydroxylation is 1. The van der Waals surface area contributed by atoms with Gasteiger partial charge in [-0.3, -0.25) is 0 Å². The molecule has 18 heavy (non-hydrogen) atoms. The van der Waals surface area contributed by atoms with Crippen molar-refractivity contribution in [3.63, 3.8) is 0 Å². The van der Waals surface area contributed by atoms with Crippen molar-refractivity contribution in [2.24, 2.45) is 5.73 Å². The van der Waals surface area contributed by atoms with Gasteiger partial charge in [0.25, 0.3) is 0 Å². The zero-order chi connectivity index (χ0) is 13.0. The molecule has 1 aromatic heterocycles. The van der Waals surface area contributed by atoms with Gasteiger partial charge in [-0.25, -0.2) is 4.98 Å². The Morgan fingerprint density at radius 3 is 2.56 bits per heavy atom. The summed E-state index contributed by atoms with van der Waals surface area (Å²) in [5.74, 6) is 0. The van der Waals surface area contributed by atoms with Crippen molar-refractivity contribution in [3.8, 4) is 0 Å². The minimum Gasteiger partial charge on any atom is -0.369 e. The van der Waals surface area contributed by atoms with Gasteiger partial charge >= 0.3 is 0 Å². The van der Waals surface area contributed by atoms with E-state index in [1.165, 1.54) is 11.3 Å². The van der Waals surface area contributed by atoms with Crippen molar-refractivity contribution in [1.29, 1.82) is 0 Å². The summed E-state index contributed by atoms with van der Waals surface area (Å²) in [5, 5.41) is 3.08. The fourth-order valence-electron chi connectivity index (χ4n) is 1.84. The van der Waals surface area contributed by atoms with E-state index >= 15 is 0 Å². The molecule has 2 rings (SSSR count). The minimum atomic E-state index is 0.527. The summed E-state index contributed by atoms with van der Waals surface area (Å²) in [6.45, 7) is 3.52. The van der Waals surface area contributed by atoms with Crippen LogP contribution in [0.4, 0.5) is 5.69 Å². The SMILES string of the molecule is CCc1ccc(N(C)Cc2csc(CN)n2)cc1. The van der Waals surface area contributed by atoms with Crippen LogP contribution in [-0.4, -0.2) is 12.0 Å². The van der Waals surface area contributed by atoms with E-state index in [9.17, 15) is 0 Å². The Morgan fingerprint density at radius 1 is 1.28 bits per heavy atom. The maximum absolute atomic E-state index is 5.57. The number of rotatable bonds is 5. The van der Waals surface area contributed by atoms with E-state index in [4.69, 9.17) is 5.73 Å². The third-order valence-electron chi connectivity index (χ3n) is 2.96. The highest BCUT2D eigenvalue weighted by atomic mass is 32.1. The van der Waals surface area contributed by atoms with Gasteiger partial charge in [0.1, 0.15) is 5.01 Å². The van der Waals surface area contributed by atoms with Crippen LogP contribution in [0, 0.1) is 0 Å². The molecular weight excluding hydrogens is 242 g/mol. The van der Waals surface area contributed by atoms with Crippen molar-refractivity contribution >= 4 is 17.0 Å². The Morgan fingerprint density at radius 2 is 2.00 bits per heavy atom. The second-order valence-electron chi connectivity index (χ2n) is 4.31. The van der Waals surface area contributed by atoms with Gasteiger partial charge in [-0.15, -0.1) is 11.3 Å². The van der Waals surface area contributed by atoms with Crippen LogP contribution in [0.5, 0.6) is 0 Å². The van der Waals surface area contributed by atoms with Crippen LogP contribution < -0.4 is 10.6 Å². The molecule has 0 aliphatic heterocycles. The molecule has 3 nitrogen and oxygen atoms in total. The number of nitrogens with two attached hydrogens (primary N) is 1. The molecule has 1 aromatic carbocycles. The second kappa shape index (κ2) is 5.98. The maximum Gasteiger partial charge on any atom is 0.107 e. The Balaban J connectivity index is 2.03. The Kier molecular flexibility index (Phi) is 4.33. The number of benzene rings is 1. The first-order valence-corrected chi connectivity index (χ1v) is 7.04. The van der Waals surface area contributed by atoms with Gasteiger partial charge in [-0.05, 0) is 24.1 Å². The highest BCUT2D eigenvalue weighted by Crippen LogP contribution is 2.17. The van der Waals surface area contributed by atoms with E-state index in [-0.39, 0.29) is 0 Å². The molecule has 0 atom stereocenters. The Hall–Kier alpha value is -1.39. The largest absolute Gasteiger partial charge is 0.369 e. The van der Waals surface area contributed by atoms with Crippen LogP contribution in [0.15, 0.2) is 29.6 Å². The third-order valence-corrected chi connectivity index (χ3v) is 3.88. The van der Waals surface area contributed by atoms with Crippen LogP contribution in [0.3, 0.4) is 0 Å². The highest BCUT2D eigenvalue weighted by Gasteiger charge is 2.05. The second-order valence-corrected chi connectivity index (χ2v) is 5.26. The summed E-state index contributed by atoms with van der Waals surface area (Å²) in [6.07, 6.45) is 1.08. The molecule has 4 heteroatoms. The lowest BCUT2D eigenvalue weighted by Crippen LogP contribution is -2.16. The fourth-order valence-corrected chi connectivity index (χ4v) is 2.50. The van der Waals surface area contributed by atoms with Crippen LogP contribution in [0.2, 0.25) is 0 Å². The van der Waals surface area contributed by atoms with Gasteiger partial charge < -0.3 is 10.6 Å². The Bertz CT molecular complexity index is 490. The van der Waals surface area contributed by atoms with Crippen LogP contribution in [0.1, 0.15) is 23.2 Å². The van der Waals surface area contributed by atoms with Gasteiger partial charge in [-0.1, -0.05) is 19.1 Å². The van der Waals surface area contributed by atoms with Gasteiger partial charge in [0.2, 0.25) is 0 Å². The fraction of sp³-hybridized carbons (Fsp3) is 0.357. The monoisotopic (exact) mass is 261 g/mol. The summed E-state index contributed by atoms with van der Waals surface area (Å²) in [7, 11) is 2.09. The molecular formula is C14H19N3S. The summed E-state index contributed by atoms with van der Waals surface area (Å²) >= 11 is 1.63. The third kappa shape index (κ3) is 3.09. The number of nitrogens with zero attached hydrogens (tertiary/aromatic N) is 2. The summed E-state index contributed by atoms with van der Waals surface area (Å²) in [6, 6.07) is 8.68. The normalized spacial score (nSPS) is 10.6. The Labute approximate surface area is 112 Å². The van der Waals surface area contributed by atoms with Crippen LogP contribution >= 0.6 is 11.3 Å². The molecule has 0 aliphatic carbocycles. The summed E-state index contributed by atoms with van der Waals surface area (Å²) in [4.78, 5) is 6.68. The quantitative estimate of drug-likeness (QED) is 0.900. The predicted molar refractivity (Wildman–Crippen MR) is 77.9 cm³/mol. The average molecular weight is 261 g/mol. The number of hydrogen-bond acceptors (Lipinski definition) is 4. The lowest BCUT2D eigenvalue weighted by molar-refractivity contribution is 0.879. The van der Waals surface area contributed by atoms with Gasteiger partial charge in [0.15, 0.2) is 0 Å². The molecule has 1 heterocycles. The van der Waals surface area contributed by atoms with E-state index in [1.807, 2.05) is 0 Å². The van der Waals surface area contributed by atoms with Crippen molar-refractivity contribution < 1.29 is 0 Å². The van der Waals surface area contributed by atoms with Gasteiger partial charge in [-0.2, -0.15) is 0 Å². The number of aromatic nitrogens is 1. The van der Waals surface area contributed by atoms with E-state index in [1.54, 1.807) is 11.3 Å². The molecule has 0 fully saturated rings. The standard InChI is InChI=1S/C14H19N3S/c1-3-11-4-6-13(7-5-11)17(2)9-12-10-18-14(8-15)16-12/h4-7,10H,3,8-9,15H2,1-2H3.